The zero-order valence-corrected chi connectivity index (χ0v) is 15.4. The third-order valence-corrected chi connectivity index (χ3v) is 6.13. The van der Waals surface area contributed by atoms with E-state index in [2.05, 4.69) is 27.1 Å². The van der Waals surface area contributed by atoms with Crippen molar-refractivity contribution in [3.8, 4) is 11.6 Å². The molecule has 6 rings (SSSR count). The van der Waals surface area contributed by atoms with E-state index in [1.807, 2.05) is 19.1 Å². The third kappa shape index (κ3) is 2.55. The van der Waals surface area contributed by atoms with Crippen molar-refractivity contribution in [2.75, 3.05) is 4.90 Å². The molecule has 0 saturated carbocycles. The second kappa shape index (κ2) is 6.20. The van der Waals surface area contributed by atoms with Crippen molar-refractivity contribution in [1.82, 2.24) is 20.3 Å². The summed E-state index contributed by atoms with van der Waals surface area (Å²) in [7, 11) is 0. The Morgan fingerprint density at radius 2 is 1.85 bits per heavy atom. The van der Waals surface area contributed by atoms with Gasteiger partial charge in [-0.1, -0.05) is 6.92 Å². The van der Waals surface area contributed by atoms with E-state index >= 15 is 0 Å². The van der Waals surface area contributed by atoms with Crippen LogP contribution in [0, 0.1) is 6.92 Å². The van der Waals surface area contributed by atoms with Crippen LogP contribution in [0.5, 0.6) is 11.6 Å². The minimum absolute atomic E-state index is 0.590. The Hall–Kier alpha value is -2.21. The lowest BCUT2D eigenvalue weighted by Gasteiger charge is -2.57. The topological polar surface area (TPSA) is 63.2 Å². The van der Waals surface area contributed by atoms with E-state index in [4.69, 9.17) is 9.72 Å². The molecule has 0 aliphatic carbocycles. The van der Waals surface area contributed by atoms with Gasteiger partial charge in [0.2, 0.25) is 5.88 Å². The fourth-order valence-corrected chi connectivity index (χ4v) is 5.09. The first-order valence-corrected chi connectivity index (χ1v) is 9.70. The van der Waals surface area contributed by atoms with E-state index in [-0.39, 0.29) is 0 Å². The molecule has 136 valence electrons. The summed E-state index contributed by atoms with van der Waals surface area (Å²) in [5.74, 6) is 2.50. The minimum Gasteiger partial charge on any atom is -0.437 e. The molecule has 0 radical (unpaired) electrons. The number of ether oxygens (including phenoxy) is 1. The Kier molecular flexibility index (Phi) is 3.81. The number of hydrogen-bond acceptors (Lipinski definition) is 6. The molecule has 4 aliphatic rings. The molecule has 1 N–H and O–H groups in total. The lowest BCUT2D eigenvalue weighted by molar-refractivity contribution is 0.133. The van der Waals surface area contributed by atoms with Crippen LogP contribution in [-0.4, -0.2) is 39.1 Å². The van der Waals surface area contributed by atoms with Crippen LogP contribution in [0.1, 0.15) is 43.9 Å². The highest BCUT2D eigenvalue weighted by molar-refractivity contribution is 5.55. The summed E-state index contributed by atoms with van der Waals surface area (Å²) >= 11 is 0. The maximum Gasteiger partial charge on any atom is 0.227 e. The van der Waals surface area contributed by atoms with E-state index < -0.39 is 0 Å². The second-order valence-corrected chi connectivity index (χ2v) is 7.74. The minimum atomic E-state index is 0.590. The molecule has 6 heteroatoms. The van der Waals surface area contributed by atoms with Crippen LogP contribution < -0.4 is 15.0 Å². The first-order chi connectivity index (χ1) is 12.7. The normalized spacial score (nSPS) is 29.2. The molecular weight excluding hydrogens is 326 g/mol. The van der Waals surface area contributed by atoms with Crippen LogP contribution in [0.15, 0.2) is 24.7 Å². The summed E-state index contributed by atoms with van der Waals surface area (Å²) < 4.78 is 6.16. The number of aromatic nitrogens is 3. The molecule has 6 heterocycles. The molecule has 0 aromatic carbocycles. The van der Waals surface area contributed by atoms with Gasteiger partial charge in [0, 0.05) is 30.4 Å². The van der Waals surface area contributed by atoms with Crippen LogP contribution in [0.3, 0.4) is 0 Å². The number of hydrogen-bond donors (Lipinski definition) is 1. The zero-order valence-electron chi connectivity index (χ0n) is 15.4. The largest absolute Gasteiger partial charge is 0.437 e. The van der Waals surface area contributed by atoms with Gasteiger partial charge >= 0.3 is 0 Å². The predicted molar refractivity (Wildman–Crippen MR) is 99.7 cm³/mol. The van der Waals surface area contributed by atoms with Crippen molar-refractivity contribution in [2.24, 2.45) is 0 Å². The highest BCUT2D eigenvalue weighted by Gasteiger charge is 2.47. The fourth-order valence-electron chi connectivity index (χ4n) is 5.09. The molecule has 2 aromatic heterocycles. The number of pyridine rings is 1. The van der Waals surface area contributed by atoms with Gasteiger partial charge in [0.15, 0.2) is 5.75 Å². The second-order valence-electron chi connectivity index (χ2n) is 7.74. The molecule has 0 atom stereocenters. The molecular formula is C20H25N5O. The highest BCUT2D eigenvalue weighted by atomic mass is 16.5. The Bertz CT molecular complexity index is 796. The molecule has 2 aromatic rings. The van der Waals surface area contributed by atoms with Crippen molar-refractivity contribution in [2.45, 2.75) is 70.1 Å². The number of rotatable bonds is 4. The molecule has 6 nitrogen and oxygen atoms in total. The third-order valence-electron chi connectivity index (χ3n) is 6.13. The van der Waals surface area contributed by atoms with Gasteiger partial charge in [0.05, 0.1) is 11.3 Å². The maximum absolute atomic E-state index is 6.16. The van der Waals surface area contributed by atoms with Gasteiger partial charge in [-0.15, -0.1) is 0 Å². The van der Waals surface area contributed by atoms with E-state index in [0.29, 0.717) is 30.0 Å². The van der Waals surface area contributed by atoms with Gasteiger partial charge < -0.3 is 15.0 Å². The van der Waals surface area contributed by atoms with Crippen molar-refractivity contribution >= 4 is 5.82 Å². The number of piperidine rings is 4. The SMILES string of the molecule is CCc1c(Oc2cccnc2C)ncnc1N1C2CC3CC1CC(C2)N3. The summed E-state index contributed by atoms with van der Waals surface area (Å²) in [6.45, 7) is 4.11. The van der Waals surface area contributed by atoms with E-state index in [1.54, 1.807) is 12.5 Å². The molecule has 0 spiro atoms. The predicted octanol–water partition coefficient (Wildman–Crippen LogP) is 3.01. The summed E-state index contributed by atoms with van der Waals surface area (Å²) in [5, 5.41) is 3.77. The Balaban J connectivity index is 1.51. The van der Waals surface area contributed by atoms with Crippen molar-refractivity contribution < 1.29 is 4.74 Å². The van der Waals surface area contributed by atoms with Crippen LogP contribution in [-0.2, 0) is 6.42 Å². The number of nitrogens with zero attached hydrogens (tertiary/aromatic N) is 4. The number of aryl methyl sites for hydroxylation is 1. The molecule has 26 heavy (non-hydrogen) atoms. The van der Waals surface area contributed by atoms with Crippen molar-refractivity contribution in [3.63, 3.8) is 0 Å². The van der Waals surface area contributed by atoms with Crippen LogP contribution in [0.4, 0.5) is 5.82 Å². The molecule has 4 aliphatic heterocycles. The lowest BCUT2D eigenvalue weighted by Crippen LogP contribution is -2.68. The first-order valence-electron chi connectivity index (χ1n) is 9.70. The molecule has 4 bridgehead atoms. The average Bonchev–Trinajstić information content (AvgIpc) is 2.63. The smallest absolute Gasteiger partial charge is 0.227 e. The van der Waals surface area contributed by atoms with E-state index in [9.17, 15) is 0 Å². The first kappa shape index (κ1) is 16.0. The maximum atomic E-state index is 6.16. The van der Waals surface area contributed by atoms with E-state index in [0.717, 1.165) is 29.2 Å². The lowest BCUT2D eigenvalue weighted by atomic mass is 9.74. The average molecular weight is 351 g/mol. The quantitative estimate of drug-likeness (QED) is 0.914. The van der Waals surface area contributed by atoms with Crippen molar-refractivity contribution in [3.05, 3.63) is 35.9 Å². The van der Waals surface area contributed by atoms with Gasteiger partial charge in [-0.05, 0) is 51.2 Å². The van der Waals surface area contributed by atoms with Crippen LogP contribution in [0.25, 0.3) is 0 Å². The number of nitrogens with one attached hydrogen (secondary N) is 1. The van der Waals surface area contributed by atoms with Crippen LogP contribution >= 0.6 is 0 Å². The van der Waals surface area contributed by atoms with Crippen LogP contribution in [0.2, 0.25) is 0 Å². The summed E-state index contributed by atoms with van der Waals surface area (Å²) in [6.07, 6.45) is 9.17. The van der Waals surface area contributed by atoms with Gasteiger partial charge in [-0.25, -0.2) is 9.97 Å². The van der Waals surface area contributed by atoms with Gasteiger partial charge in [-0.3, -0.25) is 4.98 Å². The fraction of sp³-hybridized carbons (Fsp3) is 0.550. The summed E-state index contributed by atoms with van der Waals surface area (Å²) in [6, 6.07) is 6.39. The van der Waals surface area contributed by atoms with Gasteiger partial charge in [0.1, 0.15) is 12.1 Å². The molecule has 4 saturated heterocycles. The molecule has 0 amide bonds. The standard InChI is InChI=1S/C20H25N5O/c1-3-17-19(25-15-7-13-8-16(25)10-14(9-15)24-13)22-11-23-20(17)26-18-5-4-6-21-12(18)2/h4-6,11,13-16,24H,3,7-10H2,1-2H3. The summed E-state index contributed by atoms with van der Waals surface area (Å²) in [5.41, 5.74) is 1.98. The van der Waals surface area contributed by atoms with E-state index in [1.165, 1.54) is 25.7 Å². The Labute approximate surface area is 154 Å². The molecule has 4 fully saturated rings. The molecule has 0 unspecified atom stereocenters. The Morgan fingerprint density at radius 3 is 2.50 bits per heavy atom. The van der Waals surface area contributed by atoms with Crippen molar-refractivity contribution in [1.29, 1.82) is 0 Å². The number of anilines is 1. The Morgan fingerprint density at radius 1 is 1.12 bits per heavy atom. The van der Waals surface area contributed by atoms with Gasteiger partial charge in [-0.2, -0.15) is 0 Å². The monoisotopic (exact) mass is 351 g/mol. The van der Waals surface area contributed by atoms with Gasteiger partial charge in [0.25, 0.3) is 0 Å². The highest BCUT2D eigenvalue weighted by Crippen LogP contribution is 2.43. The summed E-state index contributed by atoms with van der Waals surface area (Å²) in [4.78, 5) is 16.1. The zero-order chi connectivity index (χ0) is 17.7.